The van der Waals surface area contributed by atoms with E-state index in [2.05, 4.69) is 25.2 Å². The van der Waals surface area contributed by atoms with E-state index >= 15 is 0 Å². The number of hydrogen-bond donors (Lipinski definition) is 5. The summed E-state index contributed by atoms with van der Waals surface area (Å²) in [5, 5.41) is 17.4. The standard InChI is InChI=1S/C26H29N7O2/c27-20-7-1-2-8-22(20)31-26-29-14-19(24(28)35)25(32-26)30-21-9-4-10-23-18(21)11-12-33(23)15-16-5-3-6-17(34)13-16/h3-6,9-14,20,22,34H,1-2,7-8,15,27H2,(H2,28,35)(H2,29,30,31,32)/t20-,22+/m0/s1. The van der Waals surface area contributed by atoms with Crippen LogP contribution < -0.4 is 22.1 Å². The van der Waals surface area contributed by atoms with Crippen LogP contribution in [0.5, 0.6) is 5.75 Å². The lowest BCUT2D eigenvalue weighted by Crippen LogP contribution is -2.43. The zero-order valence-electron chi connectivity index (χ0n) is 19.3. The van der Waals surface area contributed by atoms with Crippen LogP contribution in [0.3, 0.4) is 0 Å². The van der Waals surface area contributed by atoms with E-state index in [0.717, 1.165) is 47.8 Å². The van der Waals surface area contributed by atoms with Crippen molar-refractivity contribution in [2.24, 2.45) is 11.5 Å². The van der Waals surface area contributed by atoms with Crippen LogP contribution in [0.2, 0.25) is 0 Å². The summed E-state index contributed by atoms with van der Waals surface area (Å²) in [6.07, 6.45) is 7.59. The fourth-order valence-corrected chi connectivity index (χ4v) is 4.68. The number of amides is 1. The van der Waals surface area contributed by atoms with E-state index in [1.807, 2.05) is 42.6 Å². The highest BCUT2D eigenvalue weighted by Crippen LogP contribution is 2.29. The Morgan fingerprint density at radius 3 is 2.77 bits per heavy atom. The highest BCUT2D eigenvalue weighted by Gasteiger charge is 2.23. The van der Waals surface area contributed by atoms with Crippen molar-refractivity contribution in [2.75, 3.05) is 10.6 Å². The minimum absolute atomic E-state index is 0.0413. The van der Waals surface area contributed by atoms with E-state index in [1.165, 1.54) is 6.20 Å². The number of nitrogens with zero attached hydrogens (tertiary/aromatic N) is 3. The number of benzene rings is 2. The fraction of sp³-hybridized carbons (Fsp3) is 0.269. The Bertz CT molecular complexity index is 1370. The number of anilines is 3. The zero-order valence-corrected chi connectivity index (χ0v) is 19.3. The Kier molecular flexibility index (Phi) is 6.24. The first-order valence-electron chi connectivity index (χ1n) is 11.8. The van der Waals surface area contributed by atoms with Crippen molar-refractivity contribution in [3.05, 3.63) is 72.1 Å². The van der Waals surface area contributed by atoms with Crippen LogP contribution in [0.25, 0.3) is 10.9 Å². The molecule has 2 heterocycles. The van der Waals surface area contributed by atoms with Crippen molar-refractivity contribution in [1.29, 1.82) is 0 Å². The van der Waals surface area contributed by atoms with Gasteiger partial charge in [-0.15, -0.1) is 0 Å². The van der Waals surface area contributed by atoms with Crippen molar-refractivity contribution < 1.29 is 9.90 Å². The molecule has 9 nitrogen and oxygen atoms in total. The number of fused-ring (bicyclic) bond motifs is 1. The van der Waals surface area contributed by atoms with Crippen molar-refractivity contribution in [3.8, 4) is 5.75 Å². The molecule has 0 saturated heterocycles. The summed E-state index contributed by atoms with van der Waals surface area (Å²) in [6.45, 7) is 0.608. The SMILES string of the molecule is NC(=O)c1cnc(N[C@@H]2CCCC[C@@H]2N)nc1Nc1cccc2c1ccn2Cc1cccc(O)c1. The number of aromatic nitrogens is 3. The van der Waals surface area contributed by atoms with Gasteiger partial charge in [-0.2, -0.15) is 4.98 Å². The lowest BCUT2D eigenvalue weighted by molar-refractivity contribution is 0.100. The Morgan fingerprint density at radius 2 is 1.97 bits per heavy atom. The molecule has 2 aromatic carbocycles. The van der Waals surface area contributed by atoms with Crippen LogP contribution in [0.4, 0.5) is 17.5 Å². The molecule has 1 amide bonds. The van der Waals surface area contributed by atoms with E-state index in [0.29, 0.717) is 18.3 Å². The topological polar surface area (TPSA) is 144 Å². The number of aromatic hydroxyl groups is 1. The second kappa shape index (κ2) is 9.63. The number of nitrogens with one attached hydrogen (secondary N) is 2. The molecular formula is C26H29N7O2. The maximum atomic E-state index is 12.1. The lowest BCUT2D eigenvalue weighted by Gasteiger charge is -2.29. The molecule has 1 aliphatic rings. The average Bonchev–Trinajstić information content (AvgIpc) is 3.24. The Hall–Kier alpha value is -4.11. The van der Waals surface area contributed by atoms with Gasteiger partial charge in [0.2, 0.25) is 5.95 Å². The summed E-state index contributed by atoms with van der Waals surface area (Å²) in [6, 6.07) is 15.2. The molecule has 5 rings (SSSR count). The third-order valence-electron chi connectivity index (χ3n) is 6.52. The fourth-order valence-electron chi connectivity index (χ4n) is 4.68. The van der Waals surface area contributed by atoms with Crippen LogP contribution in [-0.4, -0.2) is 37.6 Å². The van der Waals surface area contributed by atoms with Crippen molar-refractivity contribution in [3.63, 3.8) is 0 Å². The predicted octanol–water partition coefficient (Wildman–Crippen LogP) is 3.71. The molecule has 7 N–H and O–H groups in total. The zero-order chi connectivity index (χ0) is 24.4. The molecule has 4 aromatic rings. The highest BCUT2D eigenvalue weighted by molar-refractivity contribution is 6.00. The molecule has 2 atom stereocenters. The molecule has 0 unspecified atom stereocenters. The summed E-state index contributed by atoms with van der Waals surface area (Å²) < 4.78 is 2.10. The molecule has 1 saturated carbocycles. The van der Waals surface area contributed by atoms with Gasteiger partial charge in [-0.1, -0.05) is 31.0 Å². The number of nitrogens with two attached hydrogens (primary N) is 2. The molecule has 35 heavy (non-hydrogen) atoms. The van der Waals surface area contributed by atoms with Gasteiger partial charge in [-0.3, -0.25) is 4.79 Å². The van der Waals surface area contributed by atoms with Crippen LogP contribution in [0.15, 0.2) is 60.9 Å². The minimum atomic E-state index is -0.609. The summed E-state index contributed by atoms with van der Waals surface area (Å²) in [7, 11) is 0. The molecule has 0 spiro atoms. The number of rotatable bonds is 7. The number of primary amides is 1. The minimum Gasteiger partial charge on any atom is -0.508 e. The Morgan fingerprint density at radius 1 is 1.14 bits per heavy atom. The van der Waals surface area contributed by atoms with E-state index < -0.39 is 5.91 Å². The number of hydrogen-bond acceptors (Lipinski definition) is 7. The molecule has 0 bridgehead atoms. The van der Waals surface area contributed by atoms with Gasteiger partial charge in [0.05, 0.1) is 5.52 Å². The molecule has 180 valence electrons. The normalized spacial score (nSPS) is 17.9. The maximum absolute atomic E-state index is 12.1. The van der Waals surface area contributed by atoms with Gasteiger partial charge in [0.1, 0.15) is 17.1 Å². The quantitative estimate of drug-likeness (QED) is 0.276. The third kappa shape index (κ3) is 4.90. The first-order chi connectivity index (χ1) is 17.0. The second-order valence-corrected chi connectivity index (χ2v) is 9.00. The summed E-state index contributed by atoms with van der Waals surface area (Å²) in [5.41, 5.74) is 14.9. The molecule has 9 heteroatoms. The highest BCUT2D eigenvalue weighted by atomic mass is 16.3. The molecular weight excluding hydrogens is 442 g/mol. The average molecular weight is 472 g/mol. The monoisotopic (exact) mass is 471 g/mol. The summed E-state index contributed by atoms with van der Waals surface area (Å²) in [5.74, 6) is 0.380. The van der Waals surface area contributed by atoms with Gasteiger partial charge in [0.15, 0.2) is 0 Å². The van der Waals surface area contributed by atoms with Gasteiger partial charge in [0.25, 0.3) is 5.91 Å². The summed E-state index contributed by atoms with van der Waals surface area (Å²) in [4.78, 5) is 21.0. The Balaban J connectivity index is 1.44. The van der Waals surface area contributed by atoms with Crippen LogP contribution in [0, 0.1) is 0 Å². The largest absolute Gasteiger partial charge is 0.508 e. The maximum Gasteiger partial charge on any atom is 0.254 e. The molecule has 0 aliphatic heterocycles. The van der Waals surface area contributed by atoms with Gasteiger partial charge >= 0.3 is 0 Å². The first kappa shape index (κ1) is 22.7. The first-order valence-corrected chi connectivity index (χ1v) is 11.8. The van der Waals surface area contributed by atoms with Gasteiger partial charge in [-0.25, -0.2) is 4.98 Å². The van der Waals surface area contributed by atoms with Crippen molar-refractivity contribution >= 4 is 34.3 Å². The molecule has 2 aromatic heterocycles. The van der Waals surface area contributed by atoms with Crippen LogP contribution >= 0.6 is 0 Å². The third-order valence-corrected chi connectivity index (χ3v) is 6.52. The van der Waals surface area contributed by atoms with E-state index in [-0.39, 0.29) is 23.4 Å². The summed E-state index contributed by atoms with van der Waals surface area (Å²) >= 11 is 0. The van der Waals surface area contributed by atoms with E-state index in [4.69, 9.17) is 11.5 Å². The van der Waals surface area contributed by atoms with Crippen LogP contribution in [0.1, 0.15) is 41.6 Å². The molecule has 1 aliphatic carbocycles. The smallest absolute Gasteiger partial charge is 0.254 e. The van der Waals surface area contributed by atoms with E-state index in [1.54, 1.807) is 12.1 Å². The number of carbonyl (C=O) groups excluding carboxylic acids is 1. The van der Waals surface area contributed by atoms with Crippen LogP contribution in [-0.2, 0) is 6.54 Å². The van der Waals surface area contributed by atoms with E-state index in [9.17, 15) is 9.90 Å². The number of phenols is 1. The predicted molar refractivity (Wildman–Crippen MR) is 137 cm³/mol. The molecule has 1 fully saturated rings. The van der Waals surface area contributed by atoms with Gasteiger partial charge < -0.3 is 31.8 Å². The number of phenolic OH excluding ortho intramolecular Hbond substituents is 1. The van der Waals surface area contributed by atoms with Gasteiger partial charge in [-0.05, 0) is 48.7 Å². The second-order valence-electron chi connectivity index (χ2n) is 9.00. The lowest BCUT2D eigenvalue weighted by atomic mass is 9.91. The number of carbonyl (C=O) groups is 1. The molecule has 0 radical (unpaired) electrons. The van der Waals surface area contributed by atoms with Crippen molar-refractivity contribution in [1.82, 2.24) is 14.5 Å². The van der Waals surface area contributed by atoms with Crippen molar-refractivity contribution in [2.45, 2.75) is 44.3 Å². The van der Waals surface area contributed by atoms with Gasteiger partial charge in [0, 0.05) is 42.1 Å². The Labute approximate surface area is 203 Å².